The highest BCUT2D eigenvalue weighted by Gasteiger charge is 2.45. The molecule has 0 aromatic heterocycles. The van der Waals surface area contributed by atoms with Gasteiger partial charge in [0.15, 0.2) is 11.6 Å². The Bertz CT molecular complexity index is 683. The molecule has 23 heavy (non-hydrogen) atoms. The molecule has 2 rings (SSSR count). The monoisotopic (exact) mass is 312 g/mol. The zero-order valence-electron chi connectivity index (χ0n) is 13.0. The molecule has 1 aliphatic carbocycles. The SMILES string of the molecule is C=C(C)CCC1C(=O)C(=C(O)C=Cc2ccccc2)C(=O)C1O. The normalized spacial score (nSPS) is 23.6. The van der Waals surface area contributed by atoms with Crippen LogP contribution in [-0.4, -0.2) is 27.9 Å². The van der Waals surface area contributed by atoms with Gasteiger partial charge in [-0.05, 0) is 31.4 Å². The first-order chi connectivity index (χ1) is 10.9. The third kappa shape index (κ3) is 3.85. The van der Waals surface area contributed by atoms with E-state index in [1.165, 1.54) is 6.08 Å². The van der Waals surface area contributed by atoms with Gasteiger partial charge in [-0.1, -0.05) is 42.0 Å². The van der Waals surface area contributed by atoms with Gasteiger partial charge in [0.25, 0.3) is 0 Å². The maximum Gasteiger partial charge on any atom is 0.199 e. The van der Waals surface area contributed by atoms with Crippen LogP contribution in [0.25, 0.3) is 6.08 Å². The fraction of sp³-hybridized carbons (Fsp3) is 0.263. The van der Waals surface area contributed by atoms with Crippen LogP contribution in [0.1, 0.15) is 25.3 Å². The Morgan fingerprint density at radius 1 is 1.22 bits per heavy atom. The smallest absolute Gasteiger partial charge is 0.199 e. The molecule has 120 valence electrons. The Morgan fingerprint density at radius 2 is 1.87 bits per heavy atom. The van der Waals surface area contributed by atoms with E-state index in [0.29, 0.717) is 12.8 Å². The summed E-state index contributed by atoms with van der Waals surface area (Å²) in [5.41, 5.74) is 1.40. The molecule has 0 bridgehead atoms. The van der Waals surface area contributed by atoms with Crippen LogP contribution in [0.15, 0.2) is 59.9 Å². The summed E-state index contributed by atoms with van der Waals surface area (Å²) < 4.78 is 0. The maximum absolute atomic E-state index is 12.3. The molecule has 0 heterocycles. The summed E-state index contributed by atoms with van der Waals surface area (Å²) in [4.78, 5) is 24.4. The number of carbonyl (C=O) groups is 2. The number of hydrogen-bond acceptors (Lipinski definition) is 4. The summed E-state index contributed by atoms with van der Waals surface area (Å²) in [5, 5.41) is 20.1. The fourth-order valence-electron chi connectivity index (χ4n) is 2.55. The molecule has 1 aliphatic rings. The second-order valence-corrected chi connectivity index (χ2v) is 5.78. The first-order valence-corrected chi connectivity index (χ1v) is 7.49. The highest BCUT2D eigenvalue weighted by atomic mass is 16.3. The van der Waals surface area contributed by atoms with Crippen LogP contribution < -0.4 is 0 Å². The van der Waals surface area contributed by atoms with E-state index in [9.17, 15) is 19.8 Å². The Labute approximate surface area is 135 Å². The largest absolute Gasteiger partial charge is 0.507 e. The van der Waals surface area contributed by atoms with Crippen molar-refractivity contribution in [1.82, 2.24) is 0 Å². The van der Waals surface area contributed by atoms with Crippen molar-refractivity contribution >= 4 is 17.6 Å². The lowest BCUT2D eigenvalue weighted by Crippen LogP contribution is -2.23. The molecule has 0 aliphatic heterocycles. The van der Waals surface area contributed by atoms with Gasteiger partial charge in [-0.2, -0.15) is 0 Å². The van der Waals surface area contributed by atoms with Crippen molar-refractivity contribution in [3.8, 4) is 0 Å². The van der Waals surface area contributed by atoms with Crippen molar-refractivity contribution < 1.29 is 19.8 Å². The molecule has 1 aromatic carbocycles. The quantitative estimate of drug-likeness (QED) is 0.379. The zero-order chi connectivity index (χ0) is 17.0. The molecule has 2 unspecified atom stereocenters. The summed E-state index contributed by atoms with van der Waals surface area (Å²) in [6.45, 7) is 5.58. The van der Waals surface area contributed by atoms with E-state index in [2.05, 4.69) is 6.58 Å². The molecule has 0 saturated heterocycles. The van der Waals surface area contributed by atoms with E-state index in [4.69, 9.17) is 0 Å². The molecule has 0 radical (unpaired) electrons. The topological polar surface area (TPSA) is 74.6 Å². The van der Waals surface area contributed by atoms with Crippen molar-refractivity contribution in [3.05, 3.63) is 65.5 Å². The number of allylic oxidation sites excluding steroid dienone is 2. The van der Waals surface area contributed by atoms with Crippen molar-refractivity contribution in [2.75, 3.05) is 0 Å². The van der Waals surface area contributed by atoms with Crippen LogP contribution in [0, 0.1) is 5.92 Å². The van der Waals surface area contributed by atoms with Crippen molar-refractivity contribution in [1.29, 1.82) is 0 Å². The molecule has 4 heteroatoms. The number of aliphatic hydroxyl groups excluding tert-OH is 2. The molecule has 0 spiro atoms. The number of carbonyl (C=O) groups excluding carboxylic acids is 2. The van der Waals surface area contributed by atoms with E-state index in [-0.39, 0.29) is 5.57 Å². The second kappa shape index (κ2) is 7.20. The maximum atomic E-state index is 12.3. The van der Waals surface area contributed by atoms with Crippen LogP contribution >= 0.6 is 0 Å². The summed E-state index contributed by atoms with van der Waals surface area (Å²) in [7, 11) is 0. The van der Waals surface area contributed by atoms with E-state index in [0.717, 1.165) is 11.1 Å². The lowest BCUT2D eigenvalue weighted by Gasteiger charge is -2.10. The van der Waals surface area contributed by atoms with Crippen molar-refractivity contribution in [2.24, 2.45) is 5.92 Å². The minimum Gasteiger partial charge on any atom is -0.507 e. The summed E-state index contributed by atoms with van der Waals surface area (Å²) in [5.74, 6) is -2.42. The van der Waals surface area contributed by atoms with Crippen LogP contribution in [-0.2, 0) is 9.59 Å². The van der Waals surface area contributed by atoms with Crippen LogP contribution in [0.4, 0.5) is 0 Å². The van der Waals surface area contributed by atoms with Gasteiger partial charge in [0.2, 0.25) is 0 Å². The molecular weight excluding hydrogens is 292 g/mol. The van der Waals surface area contributed by atoms with Crippen LogP contribution in [0.3, 0.4) is 0 Å². The number of ketones is 2. The Balaban J connectivity index is 2.23. The van der Waals surface area contributed by atoms with Gasteiger partial charge in [0.05, 0.1) is 5.92 Å². The lowest BCUT2D eigenvalue weighted by molar-refractivity contribution is -0.124. The molecule has 1 saturated carbocycles. The average molecular weight is 312 g/mol. The number of hydrogen-bond donors (Lipinski definition) is 2. The summed E-state index contributed by atoms with van der Waals surface area (Å²) in [6, 6.07) is 9.21. The third-order valence-electron chi connectivity index (χ3n) is 3.85. The second-order valence-electron chi connectivity index (χ2n) is 5.78. The minimum atomic E-state index is -1.39. The molecule has 1 aromatic rings. The molecule has 2 atom stereocenters. The summed E-state index contributed by atoms with van der Waals surface area (Å²) >= 11 is 0. The van der Waals surface area contributed by atoms with Gasteiger partial charge in [0.1, 0.15) is 17.4 Å². The van der Waals surface area contributed by atoms with Crippen molar-refractivity contribution in [2.45, 2.75) is 25.9 Å². The number of aliphatic hydroxyl groups is 2. The van der Waals surface area contributed by atoms with Gasteiger partial charge in [-0.3, -0.25) is 9.59 Å². The van der Waals surface area contributed by atoms with E-state index < -0.39 is 29.3 Å². The Hall–Kier alpha value is -2.46. The van der Waals surface area contributed by atoms with E-state index >= 15 is 0 Å². The van der Waals surface area contributed by atoms with Crippen LogP contribution in [0.2, 0.25) is 0 Å². The zero-order valence-corrected chi connectivity index (χ0v) is 13.0. The molecule has 0 amide bonds. The predicted molar refractivity (Wildman–Crippen MR) is 88.7 cm³/mol. The van der Waals surface area contributed by atoms with Gasteiger partial charge < -0.3 is 10.2 Å². The van der Waals surface area contributed by atoms with Gasteiger partial charge >= 0.3 is 0 Å². The first kappa shape index (κ1) is 16.9. The average Bonchev–Trinajstić information content (AvgIpc) is 2.74. The first-order valence-electron chi connectivity index (χ1n) is 7.49. The number of benzene rings is 1. The van der Waals surface area contributed by atoms with E-state index in [1.54, 1.807) is 6.08 Å². The van der Waals surface area contributed by atoms with Gasteiger partial charge in [-0.15, -0.1) is 6.58 Å². The lowest BCUT2D eigenvalue weighted by atomic mass is 9.96. The molecular formula is C19H20O4. The third-order valence-corrected chi connectivity index (χ3v) is 3.85. The van der Waals surface area contributed by atoms with Crippen molar-refractivity contribution in [3.63, 3.8) is 0 Å². The fourth-order valence-corrected chi connectivity index (χ4v) is 2.55. The molecule has 1 fully saturated rings. The number of Topliss-reactive ketones (excluding diaryl/α,β-unsaturated/α-hetero) is 2. The minimum absolute atomic E-state index is 0.309. The predicted octanol–water partition coefficient (Wildman–Crippen LogP) is 3.00. The molecule has 2 N–H and O–H groups in total. The summed E-state index contributed by atoms with van der Waals surface area (Å²) in [6.07, 6.45) is 2.43. The standard InChI is InChI=1S/C19H20O4/c1-12(2)8-10-14-17(21)16(19(23)18(14)22)15(20)11-9-13-6-4-3-5-7-13/h3-7,9,11,14,18,20,22H,1,8,10H2,2H3. The molecule has 4 nitrogen and oxygen atoms in total. The van der Waals surface area contributed by atoms with Crippen LogP contribution in [0.5, 0.6) is 0 Å². The van der Waals surface area contributed by atoms with Gasteiger partial charge in [0, 0.05) is 0 Å². The number of rotatable bonds is 5. The highest BCUT2D eigenvalue weighted by Crippen LogP contribution is 2.30. The Morgan fingerprint density at radius 3 is 2.48 bits per heavy atom. The highest BCUT2D eigenvalue weighted by molar-refractivity contribution is 6.28. The van der Waals surface area contributed by atoms with Gasteiger partial charge in [-0.25, -0.2) is 0 Å². The Kier molecular flexibility index (Phi) is 5.29. The van der Waals surface area contributed by atoms with E-state index in [1.807, 2.05) is 37.3 Å².